The Hall–Kier alpha value is -1.07. The lowest BCUT2D eigenvalue weighted by molar-refractivity contribution is -0.137. The molecule has 0 spiro atoms. The van der Waals surface area contributed by atoms with Crippen LogP contribution in [0.5, 0.6) is 0 Å². The molecule has 0 heterocycles. The van der Waals surface area contributed by atoms with Crippen LogP contribution in [-0.4, -0.2) is 18.3 Å². The highest BCUT2D eigenvalue weighted by atomic mass is 19.4. The Kier molecular flexibility index (Phi) is 4.32. The maximum atomic E-state index is 12.4. The third-order valence-electron chi connectivity index (χ3n) is 2.28. The van der Waals surface area contributed by atoms with Crippen molar-refractivity contribution in [2.24, 2.45) is 0 Å². The van der Waals surface area contributed by atoms with Crippen molar-refractivity contribution in [1.82, 2.24) is 5.32 Å². The lowest BCUT2D eigenvalue weighted by Gasteiger charge is -2.15. The number of aliphatic hydroxyl groups is 1. The summed E-state index contributed by atoms with van der Waals surface area (Å²) in [4.78, 5) is 0. The van der Waals surface area contributed by atoms with Crippen molar-refractivity contribution in [3.63, 3.8) is 0 Å². The maximum Gasteiger partial charge on any atom is 0.416 e. The van der Waals surface area contributed by atoms with E-state index < -0.39 is 11.7 Å². The zero-order valence-corrected chi connectivity index (χ0v) is 8.88. The van der Waals surface area contributed by atoms with Gasteiger partial charge in [0.2, 0.25) is 0 Å². The third kappa shape index (κ3) is 3.50. The van der Waals surface area contributed by atoms with E-state index in [9.17, 15) is 13.2 Å². The molecule has 16 heavy (non-hydrogen) atoms. The minimum absolute atomic E-state index is 0.0384. The van der Waals surface area contributed by atoms with E-state index in [2.05, 4.69) is 5.32 Å². The van der Waals surface area contributed by atoms with Crippen molar-refractivity contribution in [1.29, 1.82) is 0 Å². The molecule has 0 fully saturated rings. The van der Waals surface area contributed by atoms with Gasteiger partial charge in [0.25, 0.3) is 0 Å². The molecular formula is C11H14F3NO. The molecule has 2 N–H and O–H groups in total. The van der Waals surface area contributed by atoms with Gasteiger partial charge in [0.1, 0.15) is 0 Å². The van der Waals surface area contributed by atoms with E-state index in [1.807, 2.05) is 0 Å². The highest BCUT2D eigenvalue weighted by molar-refractivity contribution is 5.27. The second kappa shape index (κ2) is 5.32. The van der Waals surface area contributed by atoms with Gasteiger partial charge in [0, 0.05) is 12.6 Å². The van der Waals surface area contributed by atoms with E-state index in [1.54, 1.807) is 13.0 Å². The summed E-state index contributed by atoms with van der Waals surface area (Å²) in [5, 5.41) is 11.5. The van der Waals surface area contributed by atoms with Crippen molar-refractivity contribution in [3.05, 3.63) is 35.4 Å². The van der Waals surface area contributed by atoms with Crippen LogP contribution in [0.25, 0.3) is 0 Å². The van der Waals surface area contributed by atoms with Crippen LogP contribution in [0, 0.1) is 0 Å². The van der Waals surface area contributed by atoms with Crippen LogP contribution >= 0.6 is 0 Å². The summed E-state index contributed by atoms with van der Waals surface area (Å²) in [6.45, 7) is 2.08. The molecule has 0 bridgehead atoms. The van der Waals surface area contributed by atoms with Crippen LogP contribution in [-0.2, 0) is 6.18 Å². The molecule has 0 saturated carbocycles. The van der Waals surface area contributed by atoms with Gasteiger partial charge in [-0.3, -0.25) is 0 Å². The molecule has 1 rings (SSSR count). The minimum atomic E-state index is -4.31. The van der Waals surface area contributed by atoms with Crippen LogP contribution in [0.1, 0.15) is 24.1 Å². The van der Waals surface area contributed by atoms with Crippen LogP contribution in [0.15, 0.2) is 24.3 Å². The van der Waals surface area contributed by atoms with E-state index in [-0.39, 0.29) is 12.6 Å². The Morgan fingerprint density at radius 2 is 2.06 bits per heavy atom. The first-order valence-electron chi connectivity index (χ1n) is 4.96. The van der Waals surface area contributed by atoms with E-state index in [0.29, 0.717) is 12.1 Å². The molecule has 0 aliphatic rings. The van der Waals surface area contributed by atoms with E-state index in [0.717, 1.165) is 12.1 Å². The zero-order valence-electron chi connectivity index (χ0n) is 8.88. The first kappa shape index (κ1) is 13.0. The number of alkyl halides is 3. The molecule has 0 aromatic heterocycles. The summed E-state index contributed by atoms with van der Waals surface area (Å²) >= 11 is 0. The van der Waals surface area contributed by atoms with Crippen LogP contribution < -0.4 is 5.32 Å². The SMILES string of the molecule is CC(NCCO)c1cccc(C(F)(F)F)c1. The molecule has 0 saturated heterocycles. The van der Waals surface area contributed by atoms with E-state index >= 15 is 0 Å². The fourth-order valence-electron chi connectivity index (χ4n) is 1.38. The smallest absolute Gasteiger partial charge is 0.395 e. The molecule has 1 aromatic rings. The quantitative estimate of drug-likeness (QED) is 0.836. The highest BCUT2D eigenvalue weighted by Gasteiger charge is 2.30. The average molecular weight is 233 g/mol. The second-order valence-corrected chi connectivity index (χ2v) is 3.52. The lowest BCUT2D eigenvalue weighted by atomic mass is 10.0. The Bertz CT molecular complexity index is 338. The molecule has 1 aromatic carbocycles. The maximum absolute atomic E-state index is 12.4. The Balaban J connectivity index is 2.82. The van der Waals surface area contributed by atoms with Gasteiger partial charge in [-0.15, -0.1) is 0 Å². The molecule has 1 unspecified atom stereocenters. The standard InChI is InChI=1S/C11H14F3NO/c1-8(15-5-6-16)9-3-2-4-10(7-9)11(12,13)14/h2-4,7-8,15-16H,5-6H2,1H3. The average Bonchev–Trinajstić information content (AvgIpc) is 2.25. The van der Waals surface area contributed by atoms with Gasteiger partial charge in [-0.05, 0) is 24.6 Å². The zero-order chi connectivity index (χ0) is 12.2. The predicted octanol–water partition coefficient (Wildman–Crippen LogP) is 2.35. The van der Waals surface area contributed by atoms with E-state index in [4.69, 9.17) is 5.11 Å². The molecule has 2 nitrogen and oxygen atoms in total. The Morgan fingerprint density at radius 3 is 2.62 bits per heavy atom. The van der Waals surface area contributed by atoms with Crippen molar-refractivity contribution in [3.8, 4) is 0 Å². The number of hydrogen-bond acceptors (Lipinski definition) is 2. The first-order chi connectivity index (χ1) is 7.45. The minimum Gasteiger partial charge on any atom is -0.395 e. The monoisotopic (exact) mass is 233 g/mol. The summed E-state index contributed by atoms with van der Waals surface area (Å²) < 4.78 is 37.3. The van der Waals surface area contributed by atoms with Gasteiger partial charge in [0.15, 0.2) is 0 Å². The van der Waals surface area contributed by atoms with Crippen LogP contribution in [0.2, 0.25) is 0 Å². The van der Waals surface area contributed by atoms with Gasteiger partial charge in [-0.25, -0.2) is 0 Å². The molecule has 1 atom stereocenters. The normalized spacial score (nSPS) is 13.8. The molecule has 0 aliphatic heterocycles. The van der Waals surface area contributed by atoms with Crippen LogP contribution in [0.4, 0.5) is 13.2 Å². The highest BCUT2D eigenvalue weighted by Crippen LogP contribution is 2.30. The fraction of sp³-hybridized carbons (Fsp3) is 0.455. The van der Waals surface area contributed by atoms with Crippen LogP contribution in [0.3, 0.4) is 0 Å². The van der Waals surface area contributed by atoms with Crippen molar-refractivity contribution < 1.29 is 18.3 Å². The molecule has 5 heteroatoms. The Morgan fingerprint density at radius 1 is 1.38 bits per heavy atom. The third-order valence-corrected chi connectivity index (χ3v) is 2.28. The van der Waals surface area contributed by atoms with Gasteiger partial charge in [0.05, 0.1) is 12.2 Å². The number of benzene rings is 1. The van der Waals surface area contributed by atoms with Gasteiger partial charge >= 0.3 is 6.18 Å². The molecular weight excluding hydrogens is 219 g/mol. The number of nitrogens with one attached hydrogen (secondary N) is 1. The van der Waals surface area contributed by atoms with Crippen molar-refractivity contribution in [2.75, 3.05) is 13.2 Å². The summed E-state index contributed by atoms with van der Waals surface area (Å²) in [5.41, 5.74) is -0.0917. The number of rotatable bonds is 4. The molecule has 0 aliphatic carbocycles. The summed E-state index contributed by atoms with van der Waals surface area (Å²) in [7, 11) is 0. The summed E-state index contributed by atoms with van der Waals surface area (Å²) in [6, 6.07) is 4.96. The molecule has 0 radical (unpaired) electrons. The second-order valence-electron chi connectivity index (χ2n) is 3.52. The number of halogens is 3. The lowest BCUT2D eigenvalue weighted by Crippen LogP contribution is -2.22. The predicted molar refractivity (Wildman–Crippen MR) is 54.9 cm³/mol. The Labute approximate surface area is 92.1 Å². The summed E-state index contributed by atoms with van der Waals surface area (Å²) in [5.74, 6) is 0. The fourth-order valence-corrected chi connectivity index (χ4v) is 1.38. The largest absolute Gasteiger partial charge is 0.416 e. The van der Waals surface area contributed by atoms with Gasteiger partial charge in [-0.2, -0.15) is 13.2 Å². The number of aliphatic hydroxyl groups excluding tert-OH is 1. The topological polar surface area (TPSA) is 32.3 Å². The van der Waals surface area contributed by atoms with Crippen molar-refractivity contribution in [2.45, 2.75) is 19.1 Å². The number of hydrogen-bond donors (Lipinski definition) is 2. The van der Waals surface area contributed by atoms with Gasteiger partial charge < -0.3 is 10.4 Å². The molecule has 0 amide bonds. The van der Waals surface area contributed by atoms with Crippen molar-refractivity contribution >= 4 is 0 Å². The van der Waals surface area contributed by atoms with Gasteiger partial charge in [-0.1, -0.05) is 12.1 Å². The summed E-state index contributed by atoms with van der Waals surface area (Å²) in [6.07, 6.45) is -4.31. The molecule has 90 valence electrons. The first-order valence-corrected chi connectivity index (χ1v) is 4.96. The van der Waals surface area contributed by atoms with E-state index in [1.165, 1.54) is 6.07 Å².